The Morgan fingerprint density at radius 3 is 2.59 bits per heavy atom. The highest BCUT2D eigenvalue weighted by Gasteiger charge is 2.38. The number of rotatable bonds is 6. The molecule has 1 amide bonds. The fourth-order valence-electron chi connectivity index (χ4n) is 2.01. The van der Waals surface area contributed by atoms with E-state index < -0.39 is 28.1 Å². The number of thioether (sulfide) groups is 1. The van der Waals surface area contributed by atoms with Crippen LogP contribution in [0.3, 0.4) is 0 Å². The second-order valence-electron chi connectivity index (χ2n) is 5.25. The third-order valence-electron chi connectivity index (χ3n) is 3.39. The lowest BCUT2D eigenvalue weighted by molar-refractivity contribution is -0.384. The first kappa shape index (κ1) is 20.5. The zero-order valence-electron chi connectivity index (χ0n) is 14.3. The predicted octanol–water partition coefficient (Wildman–Crippen LogP) is 2.87. The second-order valence-corrected chi connectivity index (χ2v) is 6.56. The number of nitrogens with zero attached hydrogens (tertiary/aromatic N) is 4. The summed E-state index contributed by atoms with van der Waals surface area (Å²) >= 11 is 0.784. The van der Waals surface area contributed by atoms with E-state index in [0.29, 0.717) is 0 Å². The van der Waals surface area contributed by atoms with E-state index in [4.69, 9.17) is 4.74 Å². The first-order chi connectivity index (χ1) is 12.5. The number of anilines is 1. The maximum absolute atomic E-state index is 12.7. The molecule has 27 heavy (non-hydrogen) atoms. The van der Waals surface area contributed by atoms with Gasteiger partial charge >= 0.3 is 6.18 Å². The average Bonchev–Trinajstić information content (AvgIpc) is 2.95. The van der Waals surface area contributed by atoms with Crippen molar-refractivity contribution < 1.29 is 27.6 Å². The lowest BCUT2D eigenvalue weighted by Gasteiger charge is -2.14. The Kier molecular flexibility index (Phi) is 5.93. The van der Waals surface area contributed by atoms with Crippen molar-refractivity contribution in [1.29, 1.82) is 0 Å². The average molecular weight is 405 g/mol. The molecule has 9 nitrogen and oxygen atoms in total. The number of benzene rings is 1. The molecule has 146 valence electrons. The van der Waals surface area contributed by atoms with Gasteiger partial charge in [-0.05, 0) is 13.0 Å². The first-order valence-electron chi connectivity index (χ1n) is 7.31. The fourth-order valence-corrected chi connectivity index (χ4v) is 2.82. The zero-order valence-corrected chi connectivity index (χ0v) is 15.1. The number of non-ortho nitro benzene ring substituents is 1. The van der Waals surface area contributed by atoms with Gasteiger partial charge in [0.05, 0.1) is 29.0 Å². The maximum Gasteiger partial charge on any atom is 0.451 e. The third kappa shape index (κ3) is 4.67. The number of amides is 1. The van der Waals surface area contributed by atoms with Crippen LogP contribution < -0.4 is 10.1 Å². The monoisotopic (exact) mass is 405 g/mol. The van der Waals surface area contributed by atoms with Crippen LogP contribution in [0.4, 0.5) is 24.5 Å². The smallest absolute Gasteiger partial charge is 0.451 e. The number of carbonyl (C=O) groups excluding carboxylic acids is 1. The minimum atomic E-state index is -4.65. The van der Waals surface area contributed by atoms with Gasteiger partial charge in [0.15, 0.2) is 5.16 Å². The van der Waals surface area contributed by atoms with Crippen LogP contribution in [0.2, 0.25) is 0 Å². The molecule has 0 aliphatic carbocycles. The Hall–Kier alpha value is -2.83. The van der Waals surface area contributed by atoms with E-state index in [1.54, 1.807) is 0 Å². The Labute approximate surface area is 155 Å². The normalized spacial score (nSPS) is 12.5. The van der Waals surface area contributed by atoms with Crippen molar-refractivity contribution in [2.45, 2.75) is 23.5 Å². The number of hydrogen-bond acceptors (Lipinski definition) is 7. The van der Waals surface area contributed by atoms with E-state index in [1.165, 1.54) is 26.2 Å². The van der Waals surface area contributed by atoms with Gasteiger partial charge in [0.25, 0.3) is 5.69 Å². The molecule has 0 saturated heterocycles. The van der Waals surface area contributed by atoms with Crippen molar-refractivity contribution in [2.24, 2.45) is 7.05 Å². The van der Waals surface area contributed by atoms with Gasteiger partial charge in [-0.25, -0.2) is 0 Å². The topological polar surface area (TPSA) is 112 Å². The van der Waals surface area contributed by atoms with Gasteiger partial charge < -0.3 is 14.6 Å². The molecule has 2 aromatic rings. The van der Waals surface area contributed by atoms with Gasteiger partial charge in [-0.2, -0.15) is 13.2 Å². The first-order valence-corrected chi connectivity index (χ1v) is 8.19. The van der Waals surface area contributed by atoms with Gasteiger partial charge in [0, 0.05) is 13.1 Å². The molecule has 0 unspecified atom stereocenters. The van der Waals surface area contributed by atoms with Gasteiger partial charge in [-0.15, -0.1) is 10.2 Å². The molecule has 1 N–H and O–H groups in total. The SMILES string of the molecule is COc1cc([N+](=O)[O-])ccc1NC(=O)[C@H](C)Sc1nnc(C(F)(F)F)n1C. The lowest BCUT2D eigenvalue weighted by atomic mass is 10.2. The van der Waals surface area contributed by atoms with Crippen molar-refractivity contribution in [3.63, 3.8) is 0 Å². The molecule has 0 aliphatic heterocycles. The van der Waals surface area contributed by atoms with E-state index in [1.807, 2.05) is 0 Å². The molecule has 0 radical (unpaired) electrons. The van der Waals surface area contributed by atoms with Gasteiger partial charge in [0.2, 0.25) is 11.7 Å². The van der Waals surface area contributed by atoms with E-state index in [0.717, 1.165) is 29.4 Å². The predicted molar refractivity (Wildman–Crippen MR) is 89.6 cm³/mol. The largest absolute Gasteiger partial charge is 0.494 e. The van der Waals surface area contributed by atoms with Gasteiger partial charge in [0.1, 0.15) is 5.75 Å². The summed E-state index contributed by atoms with van der Waals surface area (Å²) in [4.78, 5) is 22.5. The summed E-state index contributed by atoms with van der Waals surface area (Å²) in [7, 11) is 2.43. The van der Waals surface area contributed by atoms with Crippen molar-refractivity contribution in [3.05, 3.63) is 34.1 Å². The molecule has 13 heteroatoms. The Balaban J connectivity index is 2.13. The summed E-state index contributed by atoms with van der Waals surface area (Å²) in [5, 5.41) is 18.9. The van der Waals surface area contributed by atoms with E-state index in [9.17, 15) is 28.1 Å². The van der Waals surface area contributed by atoms with Gasteiger partial charge in [-0.3, -0.25) is 14.9 Å². The molecule has 1 heterocycles. The van der Waals surface area contributed by atoms with Crippen molar-refractivity contribution in [3.8, 4) is 5.75 Å². The summed E-state index contributed by atoms with van der Waals surface area (Å²) in [6.07, 6.45) is -4.65. The highest BCUT2D eigenvalue weighted by molar-refractivity contribution is 8.00. The molecule has 0 fully saturated rings. The Morgan fingerprint density at radius 2 is 2.07 bits per heavy atom. The number of nitrogens with one attached hydrogen (secondary N) is 1. The lowest BCUT2D eigenvalue weighted by Crippen LogP contribution is -2.23. The number of ether oxygens (including phenoxy) is 1. The van der Waals surface area contributed by atoms with Crippen molar-refractivity contribution in [1.82, 2.24) is 14.8 Å². The number of carbonyl (C=O) groups is 1. The number of halogens is 3. The quantitative estimate of drug-likeness (QED) is 0.447. The number of methoxy groups -OCH3 is 1. The van der Waals surface area contributed by atoms with E-state index in [-0.39, 0.29) is 22.3 Å². The summed E-state index contributed by atoms with van der Waals surface area (Å²) in [6.45, 7) is 1.47. The van der Waals surface area contributed by atoms with Crippen LogP contribution in [0, 0.1) is 10.1 Å². The minimum absolute atomic E-state index is 0.0766. The minimum Gasteiger partial charge on any atom is -0.494 e. The molecule has 1 aromatic carbocycles. The number of nitro groups is 1. The Morgan fingerprint density at radius 1 is 1.41 bits per heavy atom. The van der Waals surface area contributed by atoms with Crippen LogP contribution >= 0.6 is 11.8 Å². The maximum atomic E-state index is 12.7. The van der Waals surface area contributed by atoms with E-state index >= 15 is 0 Å². The van der Waals surface area contributed by atoms with Crippen LogP contribution in [0.5, 0.6) is 5.75 Å². The van der Waals surface area contributed by atoms with Crippen LogP contribution in [-0.2, 0) is 18.0 Å². The molecule has 0 spiro atoms. The summed E-state index contributed by atoms with van der Waals surface area (Å²) in [5.41, 5.74) is -0.0273. The van der Waals surface area contributed by atoms with Crippen LogP contribution in [0.1, 0.15) is 12.7 Å². The van der Waals surface area contributed by atoms with Gasteiger partial charge in [-0.1, -0.05) is 11.8 Å². The third-order valence-corrected chi connectivity index (χ3v) is 4.53. The molecular formula is C14H14F3N5O4S. The molecule has 1 atom stereocenters. The number of hydrogen-bond donors (Lipinski definition) is 1. The Bertz CT molecular complexity index is 871. The standard InChI is InChI=1S/C14H14F3N5O4S/c1-7(27-13-20-19-12(21(13)2)14(15,16)17)11(23)18-9-5-4-8(22(24)25)6-10(9)26-3/h4-7H,1-3H3,(H,18,23)/t7-/m0/s1. The molecule has 0 saturated carbocycles. The van der Waals surface area contributed by atoms with Crippen molar-refractivity contribution in [2.75, 3.05) is 12.4 Å². The number of aromatic nitrogens is 3. The fraction of sp³-hybridized carbons (Fsp3) is 0.357. The van der Waals surface area contributed by atoms with Crippen molar-refractivity contribution >= 4 is 29.0 Å². The van der Waals surface area contributed by atoms with Crippen LogP contribution in [0.15, 0.2) is 23.4 Å². The second kappa shape index (κ2) is 7.82. The molecular weight excluding hydrogens is 391 g/mol. The molecule has 0 aliphatic rings. The molecule has 2 rings (SSSR count). The summed E-state index contributed by atoms with van der Waals surface area (Å²) in [6, 6.07) is 3.64. The molecule has 0 bridgehead atoms. The summed E-state index contributed by atoms with van der Waals surface area (Å²) < 4.78 is 44.0. The number of nitro benzene ring substituents is 1. The van der Waals surface area contributed by atoms with Crippen LogP contribution in [0.25, 0.3) is 0 Å². The van der Waals surface area contributed by atoms with Crippen LogP contribution in [-0.4, -0.2) is 38.0 Å². The summed E-state index contributed by atoms with van der Waals surface area (Å²) in [5.74, 6) is -1.65. The number of alkyl halides is 3. The van der Waals surface area contributed by atoms with E-state index in [2.05, 4.69) is 15.5 Å². The highest BCUT2D eigenvalue weighted by atomic mass is 32.2. The molecule has 1 aromatic heterocycles. The zero-order chi connectivity index (χ0) is 20.4. The highest BCUT2D eigenvalue weighted by Crippen LogP contribution is 2.32.